The second-order valence-corrected chi connectivity index (χ2v) is 4.40. The van der Waals surface area contributed by atoms with Crippen LogP contribution in [-0.4, -0.2) is 4.98 Å². The molecule has 1 aromatic carbocycles. The quantitative estimate of drug-likeness (QED) is 0.675. The van der Waals surface area contributed by atoms with Crippen LogP contribution in [0.25, 0.3) is 10.8 Å². The van der Waals surface area contributed by atoms with Gasteiger partial charge in [-0.05, 0) is 24.3 Å². The van der Waals surface area contributed by atoms with E-state index in [1.165, 1.54) is 42.1 Å². The Labute approximate surface area is 90.2 Å². The van der Waals surface area contributed by atoms with Crippen LogP contribution in [0.5, 0.6) is 0 Å². The molecule has 15 heavy (non-hydrogen) atoms. The smallest absolute Gasteiger partial charge is 0.0512 e. The highest BCUT2D eigenvalue weighted by atomic mass is 14.7. The Kier molecular flexibility index (Phi) is 2.17. The summed E-state index contributed by atoms with van der Waals surface area (Å²) in [5.74, 6) is 0.705. The summed E-state index contributed by atoms with van der Waals surface area (Å²) in [6.45, 7) is 0. The molecule has 0 N–H and O–H groups in total. The van der Waals surface area contributed by atoms with Crippen LogP contribution in [0.3, 0.4) is 0 Å². The summed E-state index contributed by atoms with van der Waals surface area (Å²) >= 11 is 0. The number of rotatable bonds is 1. The molecular weight excluding hydrogens is 182 g/mol. The molecule has 2 aromatic rings. The third-order valence-corrected chi connectivity index (χ3v) is 3.45. The lowest BCUT2D eigenvalue weighted by molar-refractivity contribution is 0.705. The van der Waals surface area contributed by atoms with Crippen LogP contribution in [0.2, 0.25) is 0 Å². The van der Waals surface area contributed by atoms with E-state index in [0.717, 1.165) is 0 Å². The van der Waals surface area contributed by atoms with E-state index in [1.54, 1.807) is 0 Å². The molecule has 0 aliphatic heterocycles. The van der Waals surface area contributed by atoms with Gasteiger partial charge in [0.25, 0.3) is 0 Å². The van der Waals surface area contributed by atoms with Gasteiger partial charge in [-0.2, -0.15) is 0 Å². The van der Waals surface area contributed by atoms with Crippen molar-refractivity contribution >= 4 is 10.8 Å². The first-order valence-corrected chi connectivity index (χ1v) is 5.79. The van der Waals surface area contributed by atoms with Gasteiger partial charge in [0.15, 0.2) is 0 Å². The van der Waals surface area contributed by atoms with E-state index in [2.05, 4.69) is 35.3 Å². The van der Waals surface area contributed by atoms with Gasteiger partial charge in [0.2, 0.25) is 0 Å². The zero-order chi connectivity index (χ0) is 10.1. The Morgan fingerprint density at radius 3 is 2.67 bits per heavy atom. The normalized spacial score (nSPS) is 17.3. The predicted molar refractivity (Wildman–Crippen MR) is 63.0 cm³/mol. The fourth-order valence-corrected chi connectivity index (χ4v) is 2.67. The van der Waals surface area contributed by atoms with Crippen LogP contribution in [0.1, 0.15) is 37.3 Å². The van der Waals surface area contributed by atoms with Crippen LogP contribution in [0.4, 0.5) is 0 Å². The summed E-state index contributed by atoms with van der Waals surface area (Å²) < 4.78 is 0. The highest BCUT2D eigenvalue weighted by Gasteiger charge is 2.19. The van der Waals surface area contributed by atoms with Gasteiger partial charge in [-0.3, -0.25) is 4.98 Å². The summed E-state index contributed by atoms with van der Waals surface area (Å²) in [5.41, 5.74) is 1.32. The number of hydrogen-bond donors (Lipinski definition) is 0. The highest BCUT2D eigenvalue weighted by molar-refractivity contribution is 5.84. The van der Waals surface area contributed by atoms with Gasteiger partial charge >= 0.3 is 0 Å². The second-order valence-electron chi connectivity index (χ2n) is 4.40. The summed E-state index contributed by atoms with van der Waals surface area (Å²) in [7, 11) is 0. The van der Waals surface area contributed by atoms with Gasteiger partial charge in [-0.1, -0.05) is 37.1 Å². The van der Waals surface area contributed by atoms with E-state index in [-0.39, 0.29) is 0 Å². The Hall–Kier alpha value is -1.37. The molecule has 1 aromatic heterocycles. The van der Waals surface area contributed by atoms with E-state index >= 15 is 0 Å². The third kappa shape index (κ3) is 1.52. The van der Waals surface area contributed by atoms with E-state index in [0.29, 0.717) is 5.92 Å². The van der Waals surface area contributed by atoms with Crippen molar-refractivity contribution < 1.29 is 0 Å². The fraction of sp³-hybridized carbons (Fsp3) is 0.357. The average Bonchev–Trinajstić information content (AvgIpc) is 2.82. The molecule has 76 valence electrons. The maximum atomic E-state index is 4.59. The Morgan fingerprint density at radius 2 is 1.80 bits per heavy atom. The maximum Gasteiger partial charge on any atom is 0.0512 e. The molecule has 1 aliphatic carbocycles. The Morgan fingerprint density at radius 1 is 1.00 bits per heavy atom. The predicted octanol–water partition coefficient (Wildman–Crippen LogP) is 3.89. The van der Waals surface area contributed by atoms with Crippen molar-refractivity contribution in [2.24, 2.45) is 0 Å². The molecule has 0 bridgehead atoms. The summed E-state index contributed by atoms with van der Waals surface area (Å²) in [6.07, 6.45) is 7.34. The van der Waals surface area contributed by atoms with E-state index < -0.39 is 0 Å². The SMILES string of the molecule is c1ccc2c(C3CCCC3)nccc2c1. The molecule has 1 nitrogen and oxygen atoms in total. The van der Waals surface area contributed by atoms with Crippen LogP contribution in [-0.2, 0) is 0 Å². The lowest BCUT2D eigenvalue weighted by atomic mass is 9.98. The Balaban J connectivity index is 2.16. The molecule has 0 saturated heterocycles. The molecule has 0 spiro atoms. The summed E-state index contributed by atoms with van der Waals surface area (Å²) in [5, 5.41) is 2.68. The van der Waals surface area contributed by atoms with Gasteiger partial charge in [0.05, 0.1) is 5.69 Å². The first-order chi connectivity index (χ1) is 7.45. The number of fused-ring (bicyclic) bond motifs is 1. The van der Waals surface area contributed by atoms with Crippen molar-refractivity contribution in [2.45, 2.75) is 31.6 Å². The van der Waals surface area contributed by atoms with Crippen LogP contribution in [0, 0.1) is 0 Å². The van der Waals surface area contributed by atoms with Crippen LogP contribution < -0.4 is 0 Å². The van der Waals surface area contributed by atoms with Crippen molar-refractivity contribution in [2.75, 3.05) is 0 Å². The topological polar surface area (TPSA) is 12.9 Å². The van der Waals surface area contributed by atoms with Crippen molar-refractivity contribution in [3.63, 3.8) is 0 Å². The van der Waals surface area contributed by atoms with Gasteiger partial charge in [-0.25, -0.2) is 0 Å². The minimum absolute atomic E-state index is 0.705. The zero-order valence-corrected chi connectivity index (χ0v) is 8.82. The first-order valence-electron chi connectivity index (χ1n) is 5.79. The lowest BCUT2D eigenvalue weighted by Crippen LogP contribution is -1.96. The van der Waals surface area contributed by atoms with E-state index in [1.807, 2.05) is 6.20 Å². The second kappa shape index (κ2) is 3.65. The number of pyridine rings is 1. The molecule has 1 saturated carbocycles. The molecule has 1 fully saturated rings. The largest absolute Gasteiger partial charge is 0.260 e. The molecule has 1 aliphatic rings. The van der Waals surface area contributed by atoms with E-state index in [4.69, 9.17) is 0 Å². The standard InChI is InChI=1S/C14H15N/c1-2-7-12(6-1)14-13-8-4-3-5-11(13)9-10-15-14/h3-5,8-10,12H,1-2,6-7H2. The minimum Gasteiger partial charge on any atom is -0.260 e. The third-order valence-electron chi connectivity index (χ3n) is 3.45. The lowest BCUT2D eigenvalue weighted by Gasteiger charge is -2.11. The number of hydrogen-bond acceptors (Lipinski definition) is 1. The van der Waals surface area contributed by atoms with Gasteiger partial charge < -0.3 is 0 Å². The van der Waals surface area contributed by atoms with Crippen molar-refractivity contribution in [1.29, 1.82) is 0 Å². The highest BCUT2D eigenvalue weighted by Crippen LogP contribution is 2.35. The first kappa shape index (κ1) is 8.90. The molecule has 1 heteroatoms. The minimum atomic E-state index is 0.705. The van der Waals surface area contributed by atoms with Crippen LogP contribution >= 0.6 is 0 Å². The van der Waals surface area contributed by atoms with E-state index in [9.17, 15) is 0 Å². The van der Waals surface area contributed by atoms with Crippen LogP contribution in [0.15, 0.2) is 36.5 Å². The molecule has 3 rings (SSSR count). The summed E-state index contributed by atoms with van der Waals surface area (Å²) in [4.78, 5) is 4.59. The van der Waals surface area contributed by atoms with Crippen molar-refractivity contribution in [1.82, 2.24) is 4.98 Å². The molecule has 0 radical (unpaired) electrons. The van der Waals surface area contributed by atoms with Gasteiger partial charge in [-0.15, -0.1) is 0 Å². The van der Waals surface area contributed by atoms with Crippen molar-refractivity contribution in [3.05, 3.63) is 42.2 Å². The van der Waals surface area contributed by atoms with Gasteiger partial charge in [0.1, 0.15) is 0 Å². The fourth-order valence-electron chi connectivity index (χ4n) is 2.67. The van der Waals surface area contributed by atoms with Gasteiger partial charge in [0, 0.05) is 17.5 Å². The summed E-state index contributed by atoms with van der Waals surface area (Å²) in [6, 6.07) is 10.7. The monoisotopic (exact) mass is 197 g/mol. The molecule has 0 atom stereocenters. The zero-order valence-electron chi connectivity index (χ0n) is 8.82. The number of aromatic nitrogens is 1. The molecular formula is C14H15N. The Bertz CT molecular complexity index is 464. The molecule has 1 heterocycles. The van der Waals surface area contributed by atoms with Crippen molar-refractivity contribution in [3.8, 4) is 0 Å². The molecule has 0 amide bonds. The maximum absolute atomic E-state index is 4.59. The number of nitrogens with zero attached hydrogens (tertiary/aromatic N) is 1. The average molecular weight is 197 g/mol. The number of benzene rings is 1. The molecule has 0 unspecified atom stereocenters.